The normalized spacial score (nSPS) is 14.6. The van der Waals surface area contributed by atoms with Crippen LogP contribution in [0.4, 0.5) is 0 Å². The molecule has 34 heavy (non-hydrogen) atoms. The lowest BCUT2D eigenvalue weighted by atomic mass is 10.0. The Morgan fingerprint density at radius 2 is 1.38 bits per heavy atom. The standard InChI is InChI=1S/C20H39N3O11/c1-15(25)17(27)18(28)19(34-6-4-22-16(26)13-21-14-24)20(29)23-3-5-31-9-10-33-12-11-32-8-7-30-2/h14-15,17-19,25,27-28H,3-13H2,1-2H3,(H,21,24)(H,22,26)(H,23,29). The highest BCUT2D eigenvalue weighted by molar-refractivity contribution is 5.81. The summed E-state index contributed by atoms with van der Waals surface area (Å²) in [6.07, 6.45) is -5.78. The smallest absolute Gasteiger partial charge is 0.252 e. The van der Waals surface area contributed by atoms with E-state index in [-0.39, 0.29) is 32.8 Å². The van der Waals surface area contributed by atoms with Gasteiger partial charge in [0.05, 0.1) is 65.5 Å². The molecule has 0 saturated heterocycles. The number of hydrogen-bond acceptors (Lipinski definition) is 11. The first-order valence-electron chi connectivity index (χ1n) is 10.9. The first-order chi connectivity index (χ1) is 16.3. The largest absolute Gasteiger partial charge is 0.391 e. The van der Waals surface area contributed by atoms with E-state index in [1.54, 1.807) is 7.11 Å². The predicted octanol–water partition coefficient (Wildman–Crippen LogP) is -3.85. The number of ether oxygens (including phenoxy) is 5. The molecule has 0 aliphatic carbocycles. The number of carbonyl (C=O) groups excluding carboxylic acids is 3. The van der Waals surface area contributed by atoms with Gasteiger partial charge in [-0.1, -0.05) is 0 Å². The van der Waals surface area contributed by atoms with E-state index in [2.05, 4.69) is 16.0 Å². The third-order valence-corrected chi connectivity index (χ3v) is 4.20. The average molecular weight is 498 g/mol. The Labute approximate surface area is 199 Å². The third-order valence-electron chi connectivity index (χ3n) is 4.20. The van der Waals surface area contributed by atoms with E-state index in [0.717, 1.165) is 0 Å². The molecule has 0 aromatic rings. The Kier molecular flexibility index (Phi) is 20.4. The van der Waals surface area contributed by atoms with Crippen LogP contribution in [0.1, 0.15) is 6.92 Å². The van der Waals surface area contributed by atoms with Crippen molar-refractivity contribution in [1.82, 2.24) is 16.0 Å². The minimum atomic E-state index is -1.71. The molecule has 0 aromatic carbocycles. The van der Waals surface area contributed by atoms with Crippen LogP contribution in [-0.4, -0.2) is 138 Å². The maximum atomic E-state index is 12.4. The van der Waals surface area contributed by atoms with Crippen molar-refractivity contribution in [3.63, 3.8) is 0 Å². The number of aliphatic hydroxyl groups is 3. The Hall–Kier alpha value is -1.91. The molecular formula is C20H39N3O11. The monoisotopic (exact) mass is 497 g/mol. The highest BCUT2D eigenvalue weighted by Crippen LogP contribution is 2.09. The number of nitrogens with one attached hydrogen (secondary N) is 3. The van der Waals surface area contributed by atoms with E-state index in [0.29, 0.717) is 46.1 Å². The SMILES string of the molecule is COCCOCCOCCOCCNC(=O)C(OCCNC(=O)CNC=O)C(O)C(O)C(C)O. The molecule has 0 aliphatic heterocycles. The van der Waals surface area contributed by atoms with Gasteiger partial charge in [-0.3, -0.25) is 14.4 Å². The second-order valence-electron chi connectivity index (χ2n) is 6.98. The molecule has 6 N–H and O–H groups in total. The van der Waals surface area contributed by atoms with E-state index >= 15 is 0 Å². The first-order valence-corrected chi connectivity index (χ1v) is 10.9. The summed E-state index contributed by atoms with van der Waals surface area (Å²) in [5, 5.41) is 36.8. The molecule has 0 rings (SSSR count). The number of methoxy groups -OCH3 is 1. The Morgan fingerprint density at radius 1 is 0.824 bits per heavy atom. The minimum Gasteiger partial charge on any atom is -0.391 e. The molecule has 0 bridgehead atoms. The van der Waals surface area contributed by atoms with Gasteiger partial charge in [-0.2, -0.15) is 0 Å². The second-order valence-corrected chi connectivity index (χ2v) is 6.98. The van der Waals surface area contributed by atoms with Crippen LogP contribution < -0.4 is 16.0 Å². The van der Waals surface area contributed by atoms with Crippen LogP contribution in [0.2, 0.25) is 0 Å². The van der Waals surface area contributed by atoms with Crippen molar-refractivity contribution in [3.05, 3.63) is 0 Å². The van der Waals surface area contributed by atoms with Crippen LogP contribution in [-0.2, 0) is 38.1 Å². The summed E-state index contributed by atoms with van der Waals surface area (Å²) < 4.78 is 26.1. The van der Waals surface area contributed by atoms with Crippen molar-refractivity contribution in [2.75, 3.05) is 79.6 Å². The number of carbonyl (C=O) groups is 3. The average Bonchev–Trinajstić information content (AvgIpc) is 2.82. The predicted molar refractivity (Wildman–Crippen MR) is 118 cm³/mol. The summed E-state index contributed by atoms with van der Waals surface area (Å²) >= 11 is 0. The van der Waals surface area contributed by atoms with Crippen molar-refractivity contribution >= 4 is 18.2 Å². The van der Waals surface area contributed by atoms with E-state index in [1.165, 1.54) is 6.92 Å². The number of aliphatic hydroxyl groups excluding tert-OH is 3. The van der Waals surface area contributed by atoms with E-state index in [4.69, 9.17) is 23.7 Å². The quantitative estimate of drug-likeness (QED) is 0.0598. The molecule has 0 radical (unpaired) electrons. The summed E-state index contributed by atoms with van der Waals surface area (Å²) in [4.78, 5) is 34.0. The Bertz CT molecular complexity index is 540. The first kappa shape index (κ1) is 32.1. The number of amides is 3. The molecule has 0 fully saturated rings. The molecule has 3 amide bonds. The van der Waals surface area contributed by atoms with Crippen molar-refractivity contribution in [3.8, 4) is 0 Å². The zero-order valence-corrected chi connectivity index (χ0v) is 19.8. The highest BCUT2D eigenvalue weighted by atomic mass is 16.6. The summed E-state index contributed by atoms with van der Waals surface area (Å²) in [6.45, 7) is 3.65. The lowest BCUT2D eigenvalue weighted by Crippen LogP contribution is -2.52. The van der Waals surface area contributed by atoms with E-state index in [9.17, 15) is 29.7 Å². The maximum absolute atomic E-state index is 12.4. The van der Waals surface area contributed by atoms with Gasteiger partial charge in [0, 0.05) is 20.2 Å². The van der Waals surface area contributed by atoms with Gasteiger partial charge in [0.15, 0.2) is 6.10 Å². The van der Waals surface area contributed by atoms with Crippen molar-refractivity contribution in [2.24, 2.45) is 0 Å². The fourth-order valence-corrected chi connectivity index (χ4v) is 2.40. The number of hydrogen-bond donors (Lipinski definition) is 6. The second kappa shape index (κ2) is 21.6. The van der Waals surface area contributed by atoms with Crippen molar-refractivity contribution in [2.45, 2.75) is 31.3 Å². The number of rotatable bonds is 23. The maximum Gasteiger partial charge on any atom is 0.252 e. The van der Waals surface area contributed by atoms with Gasteiger partial charge in [-0.05, 0) is 6.92 Å². The molecule has 4 unspecified atom stereocenters. The van der Waals surface area contributed by atoms with Gasteiger partial charge >= 0.3 is 0 Å². The molecule has 14 heteroatoms. The van der Waals surface area contributed by atoms with Gasteiger partial charge < -0.3 is 55.0 Å². The van der Waals surface area contributed by atoms with Crippen LogP contribution >= 0.6 is 0 Å². The lowest BCUT2D eigenvalue weighted by molar-refractivity contribution is -0.154. The van der Waals surface area contributed by atoms with E-state index in [1.807, 2.05) is 0 Å². The van der Waals surface area contributed by atoms with Crippen LogP contribution in [0.3, 0.4) is 0 Å². The van der Waals surface area contributed by atoms with Crippen LogP contribution in [0, 0.1) is 0 Å². The molecule has 14 nitrogen and oxygen atoms in total. The molecular weight excluding hydrogens is 458 g/mol. The molecule has 0 spiro atoms. The summed E-state index contributed by atoms with van der Waals surface area (Å²) in [7, 11) is 1.59. The minimum absolute atomic E-state index is 0.0127. The molecule has 0 heterocycles. The topological polar surface area (TPSA) is 194 Å². The van der Waals surface area contributed by atoms with E-state index < -0.39 is 36.2 Å². The molecule has 0 aliphatic rings. The van der Waals surface area contributed by atoms with Crippen LogP contribution in [0.5, 0.6) is 0 Å². The zero-order chi connectivity index (χ0) is 25.6. The van der Waals surface area contributed by atoms with Crippen molar-refractivity contribution in [1.29, 1.82) is 0 Å². The summed E-state index contributed by atoms with van der Waals surface area (Å²) in [5.41, 5.74) is 0. The van der Waals surface area contributed by atoms with Crippen LogP contribution in [0.15, 0.2) is 0 Å². The fourth-order valence-electron chi connectivity index (χ4n) is 2.40. The molecule has 4 atom stereocenters. The van der Waals surface area contributed by atoms with Gasteiger partial charge in [-0.15, -0.1) is 0 Å². The highest BCUT2D eigenvalue weighted by Gasteiger charge is 2.35. The van der Waals surface area contributed by atoms with Gasteiger partial charge in [0.1, 0.15) is 12.2 Å². The summed E-state index contributed by atoms with van der Waals surface area (Å²) in [5.74, 6) is -1.20. The Morgan fingerprint density at radius 3 is 1.94 bits per heavy atom. The zero-order valence-electron chi connectivity index (χ0n) is 19.8. The van der Waals surface area contributed by atoms with Crippen molar-refractivity contribution < 1.29 is 53.4 Å². The molecule has 0 aromatic heterocycles. The van der Waals surface area contributed by atoms with Gasteiger partial charge in [0.2, 0.25) is 12.3 Å². The van der Waals surface area contributed by atoms with Gasteiger partial charge in [-0.25, -0.2) is 0 Å². The molecule has 200 valence electrons. The third kappa shape index (κ3) is 16.7. The van der Waals surface area contributed by atoms with Gasteiger partial charge in [0.25, 0.3) is 5.91 Å². The molecule has 0 saturated carbocycles. The fraction of sp³-hybridized carbons (Fsp3) is 0.850. The van der Waals surface area contributed by atoms with Crippen LogP contribution in [0.25, 0.3) is 0 Å². The lowest BCUT2D eigenvalue weighted by Gasteiger charge is -2.27. The summed E-state index contributed by atoms with van der Waals surface area (Å²) in [6, 6.07) is 0. The Balaban J connectivity index is 4.22.